The molecule has 0 amide bonds. The van der Waals surface area contributed by atoms with Crippen molar-refractivity contribution >= 4 is 21.9 Å². The number of esters is 1. The third-order valence-corrected chi connectivity index (χ3v) is 5.29. The maximum absolute atomic E-state index is 12.0. The molecule has 1 heterocycles. The zero-order valence-corrected chi connectivity index (χ0v) is 13.9. The highest BCUT2D eigenvalue weighted by Gasteiger charge is 2.46. The van der Waals surface area contributed by atoms with E-state index in [1.807, 2.05) is 36.4 Å². The van der Waals surface area contributed by atoms with Crippen LogP contribution < -0.4 is 0 Å². The van der Waals surface area contributed by atoms with Gasteiger partial charge in [-0.3, -0.25) is 4.79 Å². The number of cyclic esters (lactones) is 1. The lowest BCUT2D eigenvalue weighted by atomic mass is 9.72. The Morgan fingerprint density at radius 1 is 1.36 bits per heavy atom. The molecule has 3 rings (SSSR count). The quantitative estimate of drug-likeness (QED) is 0.591. The largest absolute Gasteiger partial charge is 0.465 e. The second-order valence-electron chi connectivity index (χ2n) is 5.79. The van der Waals surface area contributed by atoms with Crippen molar-refractivity contribution in [3.05, 3.63) is 59.1 Å². The summed E-state index contributed by atoms with van der Waals surface area (Å²) in [4.78, 5) is 12.0. The molecule has 1 aromatic rings. The van der Waals surface area contributed by atoms with Gasteiger partial charge >= 0.3 is 5.97 Å². The van der Waals surface area contributed by atoms with E-state index < -0.39 is 0 Å². The molecular weight excluding hydrogens is 344 g/mol. The van der Waals surface area contributed by atoms with Crippen molar-refractivity contribution in [1.82, 2.24) is 0 Å². The van der Waals surface area contributed by atoms with Crippen molar-refractivity contribution in [3.63, 3.8) is 0 Å². The van der Waals surface area contributed by atoms with Crippen molar-refractivity contribution in [2.45, 2.75) is 6.61 Å². The minimum Gasteiger partial charge on any atom is -0.465 e. The van der Waals surface area contributed by atoms with Crippen LogP contribution in [0.2, 0.25) is 0 Å². The first kappa shape index (κ1) is 15.5. The number of allylic oxidation sites excluding steroid dienone is 1. The Balaban J connectivity index is 1.68. The predicted molar refractivity (Wildman–Crippen MR) is 88.2 cm³/mol. The molecule has 0 spiro atoms. The van der Waals surface area contributed by atoms with Crippen LogP contribution in [0.3, 0.4) is 0 Å². The molecule has 22 heavy (non-hydrogen) atoms. The SMILES string of the molecule is C=C[C@@H]1[C@H]2C(=O)OC[C@H]2C=C(Br)[C@H]1COCc1ccccc1. The minimum atomic E-state index is -0.121. The summed E-state index contributed by atoms with van der Waals surface area (Å²) >= 11 is 3.65. The van der Waals surface area contributed by atoms with Crippen LogP contribution in [0.5, 0.6) is 0 Å². The molecule has 3 nitrogen and oxygen atoms in total. The summed E-state index contributed by atoms with van der Waals surface area (Å²) in [7, 11) is 0. The maximum Gasteiger partial charge on any atom is 0.310 e. The molecule has 1 aromatic carbocycles. The Hall–Kier alpha value is -1.39. The zero-order valence-electron chi connectivity index (χ0n) is 12.3. The van der Waals surface area contributed by atoms with Gasteiger partial charge in [0.15, 0.2) is 0 Å². The molecule has 1 saturated heterocycles. The van der Waals surface area contributed by atoms with Crippen LogP contribution in [0.4, 0.5) is 0 Å². The van der Waals surface area contributed by atoms with E-state index in [9.17, 15) is 4.79 Å². The molecule has 1 aliphatic heterocycles. The fraction of sp³-hybridized carbons (Fsp3) is 0.389. The van der Waals surface area contributed by atoms with Gasteiger partial charge in [0.2, 0.25) is 0 Å². The number of hydrogen-bond acceptors (Lipinski definition) is 3. The van der Waals surface area contributed by atoms with Crippen molar-refractivity contribution in [2.75, 3.05) is 13.2 Å². The number of ether oxygens (including phenoxy) is 2. The van der Waals surface area contributed by atoms with Crippen LogP contribution >= 0.6 is 15.9 Å². The van der Waals surface area contributed by atoms with E-state index in [0.29, 0.717) is 19.8 Å². The van der Waals surface area contributed by atoms with Gasteiger partial charge in [-0.15, -0.1) is 6.58 Å². The Kier molecular flexibility index (Phi) is 4.79. The lowest BCUT2D eigenvalue weighted by molar-refractivity contribution is -0.142. The van der Waals surface area contributed by atoms with E-state index in [4.69, 9.17) is 9.47 Å². The summed E-state index contributed by atoms with van der Waals surface area (Å²) in [6.45, 7) is 5.52. The van der Waals surface area contributed by atoms with Gasteiger partial charge in [0, 0.05) is 17.8 Å². The zero-order chi connectivity index (χ0) is 15.5. The molecule has 1 aliphatic carbocycles. The van der Waals surface area contributed by atoms with Gasteiger partial charge in [0.1, 0.15) is 0 Å². The minimum absolute atomic E-state index is 0.0511. The summed E-state index contributed by atoms with van der Waals surface area (Å²) in [6.07, 6.45) is 3.97. The first-order valence-corrected chi connectivity index (χ1v) is 8.28. The van der Waals surface area contributed by atoms with E-state index in [0.717, 1.165) is 10.0 Å². The Morgan fingerprint density at radius 2 is 2.14 bits per heavy atom. The summed E-state index contributed by atoms with van der Waals surface area (Å²) in [5.74, 6) is 0.0850. The molecule has 116 valence electrons. The van der Waals surface area contributed by atoms with Gasteiger partial charge < -0.3 is 9.47 Å². The Labute approximate surface area is 139 Å². The lowest BCUT2D eigenvalue weighted by Gasteiger charge is -2.33. The molecular formula is C18H19BrO3. The highest BCUT2D eigenvalue weighted by Crippen LogP contribution is 2.44. The van der Waals surface area contributed by atoms with Crippen molar-refractivity contribution in [1.29, 1.82) is 0 Å². The normalized spacial score (nSPS) is 30.4. The second kappa shape index (κ2) is 6.80. The maximum atomic E-state index is 12.0. The van der Waals surface area contributed by atoms with Gasteiger partial charge in [-0.1, -0.05) is 58.4 Å². The second-order valence-corrected chi connectivity index (χ2v) is 6.71. The highest BCUT2D eigenvalue weighted by molar-refractivity contribution is 9.11. The van der Waals surface area contributed by atoms with E-state index in [1.165, 1.54) is 0 Å². The van der Waals surface area contributed by atoms with Crippen molar-refractivity contribution in [2.24, 2.45) is 23.7 Å². The molecule has 4 atom stereocenters. The lowest BCUT2D eigenvalue weighted by Crippen LogP contribution is -2.35. The average molecular weight is 363 g/mol. The predicted octanol–water partition coefficient (Wildman–Crippen LogP) is 3.70. The topological polar surface area (TPSA) is 35.5 Å². The first-order valence-electron chi connectivity index (χ1n) is 7.48. The summed E-state index contributed by atoms with van der Waals surface area (Å²) < 4.78 is 12.2. The van der Waals surface area contributed by atoms with Crippen LogP contribution in [0.1, 0.15) is 5.56 Å². The molecule has 0 radical (unpaired) electrons. The van der Waals surface area contributed by atoms with Gasteiger partial charge in [-0.2, -0.15) is 0 Å². The monoisotopic (exact) mass is 362 g/mol. The van der Waals surface area contributed by atoms with E-state index in [1.54, 1.807) is 0 Å². The summed E-state index contributed by atoms with van der Waals surface area (Å²) in [5.41, 5.74) is 1.15. The molecule has 0 bridgehead atoms. The van der Waals surface area contributed by atoms with E-state index >= 15 is 0 Å². The van der Waals surface area contributed by atoms with Gasteiger partial charge in [0.25, 0.3) is 0 Å². The molecule has 1 fully saturated rings. The van der Waals surface area contributed by atoms with Gasteiger partial charge in [-0.25, -0.2) is 0 Å². The number of rotatable bonds is 5. The molecule has 0 unspecified atom stereocenters. The number of benzene rings is 1. The van der Waals surface area contributed by atoms with Crippen LogP contribution in [0.25, 0.3) is 0 Å². The summed E-state index contributed by atoms with van der Waals surface area (Å²) in [6, 6.07) is 10.1. The molecule has 0 aromatic heterocycles. The first-order chi connectivity index (χ1) is 10.7. The van der Waals surface area contributed by atoms with E-state index in [2.05, 4.69) is 28.6 Å². The Morgan fingerprint density at radius 3 is 2.86 bits per heavy atom. The van der Waals surface area contributed by atoms with Crippen LogP contribution in [0.15, 0.2) is 53.5 Å². The van der Waals surface area contributed by atoms with Gasteiger partial charge in [-0.05, 0) is 10.0 Å². The number of hydrogen-bond donors (Lipinski definition) is 0. The molecule has 0 N–H and O–H groups in total. The van der Waals surface area contributed by atoms with Gasteiger partial charge in [0.05, 0.1) is 25.7 Å². The van der Waals surface area contributed by atoms with Crippen molar-refractivity contribution < 1.29 is 14.3 Å². The summed E-state index contributed by atoms with van der Waals surface area (Å²) in [5, 5.41) is 0. The standard InChI is InChI=1S/C18H19BrO3/c1-2-14-15(11-21-9-12-6-4-3-5-7-12)16(19)8-13-10-22-18(20)17(13)14/h2-8,13-15,17H,1,9-11H2/t13-,14+,15+,17+/m1/s1. The number of halogens is 1. The third kappa shape index (κ3) is 3.03. The number of fused-ring (bicyclic) bond motifs is 1. The molecule has 2 aliphatic rings. The Bertz CT molecular complexity index is 581. The van der Waals surface area contributed by atoms with Crippen molar-refractivity contribution in [3.8, 4) is 0 Å². The van der Waals surface area contributed by atoms with Crippen LogP contribution in [0, 0.1) is 23.7 Å². The van der Waals surface area contributed by atoms with E-state index in [-0.39, 0.29) is 29.6 Å². The average Bonchev–Trinajstić information content (AvgIpc) is 2.89. The molecule has 0 saturated carbocycles. The fourth-order valence-corrected chi connectivity index (χ4v) is 4.07. The van der Waals surface area contributed by atoms with Crippen LogP contribution in [-0.4, -0.2) is 19.2 Å². The highest BCUT2D eigenvalue weighted by atomic mass is 79.9. The fourth-order valence-electron chi connectivity index (χ4n) is 3.29. The third-order valence-electron chi connectivity index (χ3n) is 4.44. The number of carbonyl (C=O) groups is 1. The van der Waals surface area contributed by atoms with Crippen LogP contribution in [-0.2, 0) is 20.9 Å². The molecule has 4 heteroatoms. The number of carbonyl (C=O) groups excluding carboxylic acids is 1. The smallest absolute Gasteiger partial charge is 0.310 e.